The number of carbonyl (C=O) groups is 4. The molecule has 2 aliphatic carbocycles. The number of rotatable bonds is 8. The SMILES string of the molecule is C[C@@H]1CC/C=C\[C@@H]2C[C@@]2(C(=O)NS(=O)(=O)C2(C)CC2)NC(=O)[C@@H]2C[C@@H](Oc3cc(-c4ccccc4)nc(-c4nccs4)c3)CN2C(=O)[C@@H](NC(=O)O)[C@H](C)C1. The first-order valence-corrected chi connectivity index (χ1v) is 21.0. The molecule has 0 spiro atoms. The van der Waals surface area contributed by atoms with Crippen LogP contribution in [0.1, 0.15) is 65.7 Å². The van der Waals surface area contributed by atoms with Crippen molar-refractivity contribution in [3.63, 3.8) is 0 Å². The summed E-state index contributed by atoms with van der Waals surface area (Å²) in [6.07, 6.45) is 6.37. The van der Waals surface area contributed by atoms with Crippen LogP contribution in [-0.4, -0.2) is 87.2 Å². The summed E-state index contributed by atoms with van der Waals surface area (Å²) < 4.78 is 34.1. The third-order valence-corrected chi connectivity index (χ3v) is 14.3. The van der Waals surface area contributed by atoms with Crippen molar-refractivity contribution in [3.05, 3.63) is 66.2 Å². The molecular formula is C39H46N6O8S2. The van der Waals surface area contributed by atoms with Gasteiger partial charge in [0, 0.05) is 41.6 Å². The molecule has 7 atom stereocenters. The largest absolute Gasteiger partial charge is 0.488 e. The second-order valence-corrected chi connectivity index (χ2v) is 18.8. The number of ether oxygens (including phenoxy) is 1. The van der Waals surface area contributed by atoms with Crippen molar-refractivity contribution in [1.29, 1.82) is 0 Å². The van der Waals surface area contributed by atoms with Gasteiger partial charge in [0.15, 0.2) is 0 Å². The third kappa shape index (κ3) is 8.11. The Balaban J connectivity index is 1.22. The molecule has 2 saturated carbocycles. The number of aromatic nitrogens is 2. The van der Waals surface area contributed by atoms with Crippen molar-refractivity contribution in [2.45, 2.75) is 94.2 Å². The van der Waals surface area contributed by atoms with Crippen LogP contribution in [0.2, 0.25) is 0 Å². The molecule has 292 valence electrons. The van der Waals surface area contributed by atoms with E-state index in [9.17, 15) is 32.7 Å². The second kappa shape index (κ2) is 15.0. The lowest BCUT2D eigenvalue weighted by Gasteiger charge is -2.32. The molecule has 0 unspecified atom stereocenters. The van der Waals surface area contributed by atoms with Crippen LogP contribution in [0.3, 0.4) is 0 Å². The minimum atomic E-state index is -4.01. The molecule has 3 fully saturated rings. The number of sulfonamides is 1. The normalized spacial score (nSPS) is 29.7. The Morgan fingerprint density at radius 3 is 2.53 bits per heavy atom. The van der Waals surface area contributed by atoms with Crippen molar-refractivity contribution < 1.29 is 37.4 Å². The molecule has 4 amide bonds. The standard InChI is InChI=1S/C39H46N6O8S2/c1-23-9-7-8-12-26-21-39(26,36(48)44-55(51,52)38(3)13-14-38)43-33(46)31-20-28(22-45(31)35(47)32(24(2)17-23)42-37(49)50)53-27-18-29(25-10-5-4-6-11-25)41-30(19-27)34-40-15-16-54-34/h4-6,8,10-12,15-16,18-19,23-24,26,28,31-32,42H,7,9,13-14,17,20-22H2,1-3H3,(H,43,46)(H,44,48)(H,49,50)/b12-8-/t23-,24-,26-,28-,31+,32+,39-/m1/s1. The maximum atomic E-state index is 14.5. The summed E-state index contributed by atoms with van der Waals surface area (Å²) in [6.45, 7) is 5.38. The maximum absolute atomic E-state index is 14.5. The summed E-state index contributed by atoms with van der Waals surface area (Å²) in [6, 6.07) is 10.8. The highest BCUT2D eigenvalue weighted by molar-refractivity contribution is 7.91. The highest BCUT2D eigenvalue weighted by Crippen LogP contribution is 2.47. The van der Waals surface area contributed by atoms with Gasteiger partial charge >= 0.3 is 6.09 Å². The first kappa shape index (κ1) is 38.4. The number of hydrogen-bond acceptors (Lipinski definition) is 10. The van der Waals surface area contributed by atoms with Crippen molar-refractivity contribution >= 4 is 45.2 Å². The van der Waals surface area contributed by atoms with Crippen LogP contribution < -0.4 is 20.1 Å². The third-order valence-electron chi connectivity index (χ3n) is 11.3. The molecule has 16 heteroatoms. The van der Waals surface area contributed by atoms with Crippen molar-refractivity contribution in [3.8, 4) is 27.7 Å². The van der Waals surface area contributed by atoms with E-state index in [0.717, 1.165) is 12.0 Å². The predicted molar refractivity (Wildman–Crippen MR) is 205 cm³/mol. The van der Waals surface area contributed by atoms with E-state index in [1.165, 1.54) is 16.2 Å². The van der Waals surface area contributed by atoms with Crippen LogP contribution >= 0.6 is 11.3 Å². The van der Waals surface area contributed by atoms with Gasteiger partial charge in [-0.05, 0) is 57.3 Å². The van der Waals surface area contributed by atoms with Crippen LogP contribution in [0.4, 0.5) is 4.79 Å². The van der Waals surface area contributed by atoms with Crippen LogP contribution in [-0.2, 0) is 24.4 Å². The minimum Gasteiger partial charge on any atom is -0.488 e. The van der Waals surface area contributed by atoms with Crippen molar-refractivity contribution in [1.82, 2.24) is 30.2 Å². The van der Waals surface area contributed by atoms with Gasteiger partial charge in [0.1, 0.15) is 40.2 Å². The molecule has 7 rings (SSSR count). The Kier molecular flexibility index (Phi) is 10.5. The lowest BCUT2D eigenvalue weighted by atomic mass is 9.88. The Bertz CT molecular complexity index is 2090. The summed E-state index contributed by atoms with van der Waals surface area (Å²) in [5, 5.41) is 17.6. The summed E-state index contributed by atoms with van der Waals surface area (Å²) >= 11 is 1.42. The fourth-order valence-corrected chi connectivity index (χ4v) is 9.62. The van der Waals surface area contributed by atoms with Gasteiger partial charge in [-0.25, -0.2) is 23.2 Å². The number of thiazole rings is 1. The average molecular weight is 791 g/mol. The molecule has 0 bridgehead atoms. The van der Waals surface area contributed by atoms with E-state index in [1.807, 2.05) is 61.7 Å². The van der Waals surface area contributed by atoms with E-state index in [-0.39, 0.29) is 25.3 Å². The summed E-state index contributed by atoms with van der Waals surface area (Å²) in [7, 11) is -4.01. The molecule has 2 aromatic heterocycles. The van der Waals surface area contributed by atoms with Gasteiger partial charge in [0.05, 0.1) is 17.0 Å². The van der Waals surface area contributed by atoms with E-state index in [1.54, 1.807) is 25.3 Å². The molecule has 1 saturated heterocycles. The zero-order valence-corrected chi connectivity index (χ0v) is 32.6. The summed E-state index contributed by atoms with van der Waals surface area (Å²) in [5.41, 5.74) is 0.516. The van der Waals surface area contributed by atoms with Gasteiger partial charge in [0.25, 0.3) is 5.91 Å². The summed E-state index contributed by atoms with van der Waals surface area (Å²) in [5.74, 6) is -2.38. The zero-order valence-electron chi connectivity index (χ0n) is 30.9. The molecule has 4 heterocycles. The maximum Gasteiger partial charge on any atom is 0.405 e. The number of benzene rings is 1. The number of hydrogen-bond donors (Lipinski definition) is 4. The van der Waals surface area contributed by atoms with E-state index in [0.29, 0.717) is 47.8 Å². The molecule has 4 N–H and O–H groups in total. The van der Waals surface area contributed by atoms with Crippen LogP contribution in [0.25, 0.3) is 22.0 Å². The molecule has 0 radical (unpaired) electrons. The number of fused-ring (bicyclic) bond motifs is 2. The second-order valence-electron chi connectivity index (χ2n) is 15.7. The molecule has 2 aliphatic heterocycles. The van der Waals surface area contributed by atoms with Crippen LogP contribution in [0.5, 0.6) is 5.75 Å². The Hall–Kier alpha value is -4.83. The molecule has 55 heavy (non-hydrogen) atoms. The number of nitrogens with one attached hydrogen (secondary N) is 3. The average Bonchev–Trinajstić information content (AvgIpc) is 3.90. The van der Waals surface area contributed by atoms with Crippen LogP contribution in [0, 0.1) is 17.8 Å². The molecule has 14 nitrogen and oxygen atoms in total. The minimum absolute atomic E-state index is 0.0201. The number of allylic oxidation sites excluding steroid dienone is 1. The Morgan fingerprint density at radius 1 is 1.09 bits per heavy atom. The fourth-order valence-electron chi connectivity index (χ4n) is 7.71. The topological polar surface area (TPSA) is 197 Å². The smallest absolute Gasteiger partial charge is 0.405 e. The molecule has 3 aromatic rings. The van der Waals surface area contributed by atoms with Gasteiger partial charge in [-0.15, -0.1) is 11.3 Å². The van der Waals surface area contributed by atoms with Gasteiger partial charge in [-0.2, -0.15) is 0 Å². The van der Waals surface area contributed by atoms with Gasteiger partial charge in [-0.1, -0.05) is 56.3 Å². The monoisotopic (exact) mass is 790 g/mol. The first-order chi connectivity index (χ1) is 26.2. The number of amides is 4. The highest BCUT2D eigenvalue weighted by Gasteiger charge is 2.63. The molecule has 4 aliphatic rings. The van der Waals surface area contributed by atoms with E-state index < -0.39 is 74.1 Å². The Morgan fingerprint density at radius 2 is 1.84 bits per heavy atom. The lowest BCUT2D eigenvalue weighted by molar-refractivity contribution is -0.142. The fraction of sp³-hybridized carbons (Fsp3) is 0.487. The van der Waals surface area contributed by atoms with E-state index in [2.05, 4.69) is 20.3 Å². The van der Waals surface area contributed by atoms with Crippen LogP contribution in [0.15, 0.2) is 66.2 Å². The quantitative estimate of drug-likeness (QED) is 0.231. The lowest BCUT2D eigenvalue weighted by Crippen LogP contribution is -2.59. The predicted octanol–water partition coefficient (Wildman–Crippen LogP) is 4.74. The van der Waals surface area contributed by atoms with E-state index >= 15 is 0 Å². The number of nitrogens with zero attached hydrogens (tertiary/aromatic N) is 3. The number of carbonyl (C=O) groups excluding carboxylic acids is 3. The highest BCUT2D eigenvalue weighted by atomic mass is 32.2. The molecular weight excluding hydrogens is 745 g/mol. The zero-order chi connectivity index (χ0) is 39.1. The van der Waals surface area contributed by atoms with Gasteiger partial charge < -0.3 is 25.4 Å². The van der Waals surface area contributed by atoms with Gasteiger partial charge in [-0.3, -0.25) is 19.1 Å². The van der Waals surface area contributed by atoms with Crippen molar-refractivity contribution in [2.24, 2.45) is 17.8 Å². The van der Waals surface area contributed by atoms with Crippen molar-refractivity contribution in [2.75, 3.05) is 6.54 Å². The first-order valence-electron chi connectivity index (χ1n) is 18.7. The number of carboxylic acid groups (broad SMARTS) is 1. The Labute approximate surface area is 324 Å². The van der Waals surface area contributed by atoms with Gasteiger partial charge in [0.2, 0.25) is 21.8 Å². The van der Waals surface area contributed by atoms with E-state index in [4.69, 9.17) is 9.72 Å². The number of pyridine rings is 1. The summed E-state index contributed by atoms with van der Waals surface area (Å²) in [4.78, 5) is 65.5. The molecule has 1 aromatic carbocycles.